The van der Waals surface area contributed by atoms with E-state index in [1.165, 1.54) is 5.56 Å². The Bertz CT molecular complexity index is 324. The fourth-order valence-corrected chi connectivity index (χ4v) is 2.13. The molecule has 2 rings (SSSR count). The summed E-state index contributed by atoms with van der Waals surface area (Å²) in [5.74, 6) is 0.817. The fraction of sp³-hybridized carbons (Fsp3) is 0.500. The molecule has 0 N–H and O–H groups in total. The Balaban J connectivity index is 2.23. The maximum Gasteiger partial charge on any atom is 0.134 e. The molecule has 0 radical (unpaired) electrons. The molecule has 0 unspecified atom stereocenters. The number of halogens is 1. The number of ketones is 1. The first-order valence-corrected chi connectivity index (χ1v) is 4.95. The highest BCUT2D eigenvalue weighted by atomic mass is 127. The summed E-state index contributed by atoms with van der Waals surface area (Å²) in [4.78, 5) is 10.8. The van der Waals surface area contributed by atoms with Gasteiger partial charge in [0.15, 0.2) is 0 Å². The van der Waals surface area contributed by atoms with Crippen molar-refractivity contribution >= 4 is 28.4 Å². The quantitative estimate of drug-likeness (QED) is 0.728. The highest BCUT2D eigenvalue weighted by Crippen LogP contribution is 2.35. The van der Waals surface area contributed by atoms with Crippen LogP contribution in [0.4, 0.5) is 0 Å². The third-order valence-corrected chi connectivity index (χ3v) is 3.60. The zero-order valence-corrected chi connectivity index (χ0v) is 8.91. The average molecular weight is 276 g/mol. The van der Waals surface area contributed by atoms with Gasteiger partial charge in [0, 0.05) is 31.4 Å². The molecule has 1 saturated carbocycles. The van der Waals surface area contributed by atoms with Crippen molar-refractivity contribution in [3.8, 4) is 0 Å². The molecule has 1 aromatic rings. The summed E-state index contributed by atoms with van der Waals surface area (Å²) in [6.07, 6.45) is 3.29. The lowest BCUT2D eigenvalue weighted by molar-refractivity contribution is -0.124. The largest absolute Gasteiger partial charge is 0.300 e. The Hall–Kier alpha value is -0.390. The van der Waals surface area contributed by atoms with E-state index in [9.17, 15) is 4.79 Å². The molecule has 1 aliphatic rings. The van der Waals surface area contributed by atoms with Crippen molar-refractivity contribution < 1.29 is 4.79 Å². The Labute approximate surface area is 84.3 Å². The van der Waals surface area contributed by atoms with Crippen LogP contribution in [0, 0.1) is 3.70 Å². The first kappa shape index (κ1) is 8.22. The van der Waals surface area contributed by atoms with E-state index in [2.05, 4.69) is 27.7 Å². The van der Waals surface area contributed by atoms with Crippen molar-refractivity contribution in [1.29, 1.82) is 0 Å². The van der Waals surface area contributed by atoms with Crippen molar-refractivity contribution in [2.75, 3.05) is 0 Å². The second kappa shape index (κ2) is 2.83. The van der Waals surface area contributed by atoms with Gasteiger partial charge in [0.2, 0.25) is 0 Å². The summed E-state index contributed by atoms with van der Waals surface area (Å²) >= 11 is 2.27. The van der Waals surface area contributed by atoms with Gasteiger partial charge >= 0.3 is 0 Å². The molecule has 0 atom stereocenters. The highest BCUT2D eigenvalue weighted by Gasteiger charge is 2.30. The van der Waals surface area contributed by atoms with Crippen LogP contribution in [-0.4, -0.2) is 15.6 Å². The van der Waals surface area contributed by atoms with E-state index in [0.29, 0.717) is 24.5 Å². The number of aryl methyl sites for hydroxylation is 1. The van der Waals surface area contributed by atoms with Gasteiger partial charge in [-0.3, -0.25) is 9.48 Å². The number of nitrogens with zero attached hydrogens (tertiary/aromatic N) is 2. The number of Topliss-reactive ketones (excluding diaryl/α,β-unsaturated/α-hetero) is 1. The van der Waals surface area contributed by atoms with E-state index in [0.717, 1.165) is 3.70 Å². The fourth-order valence-electron chi connectivity index (χ4n) is 1.42. The lowest BCUT2D eigenvalue weighted by Gasteiger charge is -2.23. The van der Waals surface area contributed by atoms with Crippen molar-refractivity contribution in [3.05, 3.63) is 15.5 Å². The van der Waals surface area contributed by atoms with Gasteiger partial charge in [-0.2, -0.15) is 5.10 Å². The summed E-state index contributed by atoms with van der Waals surface area (Å²) in [5, 5.41) is 4.14. The van der Waals surface area contributed by atoms with Gasteiger partial charge < -0.3 is 0 Å². The van der Waals surface area contributed by atoms with Crippen molar-refractivity contribution in [1.82, 2.24) is 9.78 Å². The van der Waals surface area contributed by atoms with Gasteiger partial charge in [0.1, 0.15) is 9.48 Å². The smallest absolute Gasteiger partial charge is 0.134 e. The number of carbonyl (C=O) groups is 1. The monoisotopic (exact) mass is 276 g/mol. The minimum atomic E-state index is 0.375. The van der Waals surface area contributed by atoms with E-state index in [1.807, 2.05) is 17.9 Å². The molecule has 0 aliphatic heterocycles. The number of aromatic nitrogens is 2. The molecule has 0 aromatic carbocycles. The Morgan fingerprint density at radius 3 is 2.75 bits per heavy atom. The zero-order chi connectivity index (χ0) is 8.72. The predicted molar refractivity (Wildman–Crippen MR) is 52.9 cm³/mol. The van der Waals surface area contributed by atoms with E-state index < -0.39 is 0 Å². The van der Waals surface area contributed by atoms with Crippen LogP contribution in [0.3, 0.4) is 0 Å². The number of hydrogen-bond acceptors (Lipinski definition) is 2. The summed E-state index contributed by atoms with van der Waals surface area (Å²) < 4.78 is 3.00. The molecule has 1 heterocycles. The summed E-state index contributed by atoms with van der Waals surface area (Å²) in [6, 6.07) is 0. The normalized spacial score (nSPS) is 18.0. The van der Waals surface area contributed by atoms with Crippen molar-refractivity contribution in [2.24, 2.45) is 7.05 Å². The minimum Gasteiger partial charge on any atom is -0.300 e. The summed E-state index contributed by atoms with van der Waals surface area (Å²) in [6.45, 7) is 0. The van der Waals surface area contributed by atoms with Crippen LogP contribution in [-0.2, 0) is 11.8 Å². The molecule has 0 bridgehead atoms. The standard InChI is InChI=1S/C8H9IN2O/c1-11-8(9)7(4-10-11)5-2-6(12)3-5/h4-5H,2-3H2,1H3. The second-order valence-electron chi connectivity index (χ2n) is 3.16. The molecule has 1 fully saturated rings. The first-order valence-electron chi connectivity index (χ1n) is 3.87. The van der Waals surface area contributed by atoms with Crippen LogP contribution in [0.5, 0.6) is 0 Å². The third kappa shape index (κ3) is 1.18. The lowest BCUT2D eigenvalue weighted by Crippen LogP contribution is -2.21. The average Bonchev–Trinajstić information content (AvgIpc) is 2.28. The zero-order valence-electron chi connectivity index (χ0n) is 6.75. The van der Waals surface area contributed by atoms with Crippen molar-refractivity contribution in [2.45, 2.75) is 18.8 Å². The van der Waals surface area contributed by atoms with E-state index in [1.54, 1.807) is 0 Å². The van der Waals surface area contributed by atoms with Gasteiger partial charge in [-0.15, -0.1) is 0 Å². The van der Waals surface area contributed by atoms with Gasteiger partial charge in [-0.1, -0.05) is 0 Å². The van der Waals surface area contributed by atoms with Crippen LogP contribution in [0.15, 0.2) is 6.20 Å². The van der Waals surface area contributed by atoms with Gasteiger partial charge in [0.25, 0.3) is 0 Å². The van der Waals surface area contributed by atoms with E-state index in [4.69, 9.17) is 0 Å². The van der Waals surface area contributed by atoms with Crippen LogP contribution in [0.1, 0.15) is 24.3 Å². The number of rotatable bonds is 1. The molecular weight excluding hydrogens is 267 g/mol. The Morgan fingerprint density at radius 2 is 2.33 bits per heavy atom. The summed E-state index contributed by atoms with van der Waals surface area (Å²) in [7, 11) is 1.92. The lowest BCUT2D eigenvalue weighted by atomic mass is 9.80. The Morgan fingerprint density at radius 1 is 1.67 bits per heavy atom. The minimum absolute atomic E-state index is 0.375. The van der Waals surface area contributed by atoms with Crippen LogP contribution in [0.25, 0.3) is 0 Å². The molecule has 1 aliphatic carbocycles. The molecule has 0 spiro atoms. The van der Waals surface area contributed by atoms with E-state index in [-0.39, 0.29) is 0 Å². The SMILES string of the molecule is Cn1ncc(C2CC(=O)C2)c1I. The van der Waals surface area contributed by atoms with Crippen molar-refractivity contribution in [3.63, 3.8) is 0 Å². The third-order valence-electron chi connectivity index (χ3n) is 2.28. The van der Waals surface area contributed by atoms with Crippen LogP contribution < -0.4 is 0 Å². The topological polar surface area (TPSA) is 34.9 Å². The molecular formula is C8H9IN2O. The maximum atomic E-state index is 10.8. The molecule has 3 nitrogen and oxygen atoms in total. The molecule has 1 aromatic heterocycles. The molecule has 4 heteroatoms. The maximum absolute atomic E-state index is 10.8. The number of hydrogen-bond donors (Lipinski definition) is 0. The van der Waals surface area contributed by atoms with Gasteiger partial charge in [-0.25, -0.2) is 0 Å². The predicted octanol–water partition coefficient (Wildman–Crippen LogP) is 1.47. The molecule has 64 valence electrons. The van der Waals surface area contributed by atoms with Crippen LogP contribution >= 0.6 is 22.6 Å². The van der Waals surface area contributed by atoms with E-state index >= 15 is 0 Å². The first-order chi connectivity index (χ1) is 5.68. The molecule has 0 amide bonds. The Kier molecular flexibility index (Phi) is 1.94. The van der Waals surface area contributed by atoms with Crippen LogP contribution in [0.2, 0.25) is 0 Å². The van der Waals surface area contributed by atoms with Gasteiger partial charge in [0.05, 0.1) is 6.20 Å². The number of carbonyl (C=O) groups excluding carboxylic acids is 1. The molecule has 0 saturated heterocycles. The molecule has 12 heavy (non-hydrogen) atoms. The summed E-state index contributed by atoms with van der Waals surface area (Å²) in [5.41, 5.74) is 1.23. The second-order valence-corrected chi connectivity index (χ2v) is 4.18. The highest BCUT2D eigenvalue weighted by molar-refractivity contribution is 14.1. The van der Waals surface area contributed by atoms with Gasteiger partial charge in [-0.05, 0) is 22.6 Å².